The van der Waals surface area contributed by atoms with Crippen LogP contribution in [0, 0.1) is 5.82 Å². The minimum absolute atomic E-state index is 0.0377. The molecule has 3 rings (SSSR count). The molecule has 0 saturated carbocycles. The van der Waals surface area contributed by atoms with E-state index in [9.17, 15) is 9.18 Å². The minimum Gasteiger partial charge on any atom is -0.381 e. The number of carbonyl (C=O) groups excluding carboxylic acids is 1. The second kappa shape index (κ2) is 9.38. The highest BCUT2D eigenvalue weighted by molar-refractivity contribution is 8.00. The van der Waals surface area contributed by atoms with E-state index in [0.717, 1.165) is 31.6 Å². The van der Waals surface area contributed by atoms with Crippen LogP contribution in [-0.2, 0) is 14.9 Å². The first kappa shape index (κ1) is 19.9. The molecule has 1 amide bonds. The lowest BCUT2D eigenvalue weighted by Crippen LogP contribution is -2.45. The number of nitrogens with one attached hydrogen (secondary N) is 1. The first-order chi connectivity index (χ1) is 13.1. The van der Waals surface area contributed by atoms with Gasteiger partial charge in [0, 0.05) is 30.4 Å². The summed E-state index contributed by atoms with van der Waals surface area (Å²) in [6.45, 7) is 4.11. The van der Waals surface area contributed by atoms with Crippen molar-refractivity contribution in [3.63, 3.8) is 0 Å². The Balaban J connectivity index is 1.54. The third-order valence-electron chi connectivity index (χ3n) is 5.26. The van der Waals surface area contributed by atoms with Crippen molar-refractivity contribution in [2.75, 3.05) is 25.5 Å². The van der Waals surface area contributed by atoms with Gasteiger partial charge in [0.2, 0.25) is 5.91 Å². The standard InChI is InChI=1S/C22H26FNO2S/c1-17(18-7-9-20(23)10-8-18)27-15-21(25)24-16-22(11-13-26-14-12-22)19-5-3-2-4-6-19/h2-10,17H,11-16H2,1H3,(H,24,25). The van der Waals surface area contributed by atoms with Crippen LogP contribution in [0.15, 0.2) is 54.6 Å². The van der Waals surface area contributed by atoms with Gasteiger partial charge in [-0.25, -0.2) is 4.39 Å². The van der Waals surface area contributed by atoms with Gasteiger partial charge in [-0.05, 0) is 43.0 Å². The number of benzene rings is 2. The number of ether oxygens (including phenoxy) is 1. The number of hydrogen-bond acceptors (Lipinski definition) is 3. The van der Waals surface area contributed by atoms with Gasteiger partial charge in [0.1, 0.15) is 5.82 Å². The third-order valence-corrected chi connectivity index (χ3v) is 6.46. The summed E-state index contributed by atoms with van der Waals surface area (Å²) >= 11 is 1.57. The van der Waals surface area contributed by atoms with Crippen LogP contribution in [0.5, 0.6) is 0 Å². The fourth-order valence-corrected chi connectivity index (χ4v) is 4.32. The average molecular weight is 388 g/mol. The van der Waals surface area contributed by atoms with Crippen molar-refractivity contribution in [2.24, 2.45) is 0 Å². The quantitative estimate of drug-likeness (QED) is 0.761. The molecule has 0 aromatic heterocycles. The maximum atomic E-state index is 13.0. The van der Waals surface area contributed by atoms with E-state index in [1.54, 1.807) is 23.9 Å². The zero-order valence-electron chi connectivity index (χ0n) is 15.6. The molecule has 1 heterocycles. The van der Waals surface area contributed by atoms with Gasteiger partial charge in [0.15, 0.2) is 0 Å². The van der Waals surface area contributed by atoms with Gasteiger partial charge < -0.3 is 10.1 Å². The predicted molar refractivity (Wildman–Crippen MR) is 108 cm³/mol. The Kier molecular flexibility index (Phi) is 6.91. The van der Waals surface area contributed by atoms with E-state index in [4.69, 9.17) is 4.74 Å². The summed E-state index contributed by atoms with van der Waals surface area (Å²) in [5.74, 6) is 0.187. The molecule has 27 heavy (non-hydrogen) atoms. The van der Waals surface area contributed by atoms with Crippen molar-refractivity contribution in [1.29, 1.82) is 0 Å². The lowest BCUT2D eigenvalue weighted by Gasteiger charge is -2.38. The van der Waals surface area contributed by atoms with Crippen molar-refractivity contribution < 1.29 is 13.9 Å². The van der Waals surface area contributed by atoms with Crippen molar-refractivity contribution in [3.8, 4) is 0 Å². The zero-order chi connectivity index (χ0) is 19.1. The van der Waals surface area contributed by atoms with E-state index >= 15 is 0 Å². The van der Waals surface area contributed by atoms with E-state index in [0.29, 0.717) is 12.3 Å². The Bertz CT molecular complexity index is 730. The molecule has 1 N–H and O–H groups in total. The van der Waals surface area contributed by atoms with E-state index in [1.807, 2.05) is 13.0 Å². The molecule has 3 nitrogen and oxygen atoms in total. The molecule has 1 aliphatic heterocycles. The first-order valence-electron chi connectivity index (χ1n) is 9.36. The van der Waals surface area contributed by atoms with Crippen LogP contribution in [0.3, 0.4) is 0 Å². The molecule has 2 aromatic carbocycles. The van der Waals surface area contributed by atoms with Crippen LogP contribution >= 0.6 is 11.8 Å². The second-order valence-corrected chi connectivity index (χ2v) is 8.37. The number of halogens is 1. The molecular formula is C22H26FNO2S. The molecule has 144 valence electrons. The lowest BCUT2D eigenvalue weighted by atomic mass is 9.74. The fourth-order valence-electron chi connectivity index (χ4n) is 3.47. The van der Waals surface area contributed by atoms with Crippen molar-refractivity contribution in [2.45, 2.75) is 30.4 Å². The van der Waals surface area contributed by atoms with Gasteiger partial charge in [0.25, 0.3) is 0 Å². The Hall–Kier alpha value is -1.85. The highest BCUT2D eigenvalue weighted by atomic mass is 32.2. The van der Waals surface area contributed by atoms with Crippen LogP contribution < -0.4 is 5.32 Å². The van der Waals surface area contributed by atoms with Crippen molar-refractivity contribution in [3.05, 3.63) is 71.5 Å². The van der Waals surface area contributed by atoms with Crippen LogP contribution in [-0.4, -0.2) is 31.4 Å². The molecule has 0 bridgehead atoms. The van der Waals surface area contributed by atoms with Gasteiger partial charge in [0.05, 0.1) is 5.75 Å². The lowest BCUT2D eigenvalue weighted by molar-refractivity contribution is -0.119. The molecule has 0 aliphatic carbocycles. The Morgan fingerprint density at radius 3 is 2.48 bits per heavy atom. The van der Waals surface area contributed by atoms with Gasteiger partial charge in [-0.2, -0.15) is 0 Å². The normalized spacial score (nSPS) is 17.3. The molecule has 0 spiro atoms. The number of thioether (sulfide) groups is 1. The van der Waals surface area contributed by atoms with E-state index in [2.05, 4.69) is 29.6 Å². The van der Waals surface area contributed by atoms with Crippen LogP contribution in [0.2, 0.25) is 0 Å². The Labute approximate surface area is 164 Å². The largest absolute Gasteiger partial charge is 0.381 e. The molecule has 1 unspecified atom stereocenters. The Morgan fingerprint density at radius 1 is 1.15 bits per heavy atom. The number of carbonyl (C=O) groups is 1. The summed E-state index contributed by atoms with van der Waals surface area (Å²) in [4.78, 5) is 12.4. The molecule has 2 aromatic rings. The van der Waals surface area contributed by atoms with Crippen LogP contribution in [0.25, 0.3) is 0 Å². The monoisotopic (exact) mass is 387 g/mol. The summed E-state index contributed by atoms with van der Waals surface area (Å²) in [6.07, 6.45) is 1.83. The molecule has 1 saturated heterocycles. The summed E-state index contributed by atoms with van der Waals surface area (Å²) in [7, 11) is 0. The Morgan fingerprint density at radius 2 is 1.81 bits per heavy atom. The van der Waals surface area contributed by atoms with Gasteiger partial charge in [-0.3, -0.25) is 4.79 Å². The van der Waals surface area contributed by atoms with E-state index in [1.165, 1.54) is 17.7 Å². The molecule has 0 radical (unpaired) electrons. The highest BCUT2D eigenvalue weighted by Gasteiger charge is 2.34. The predicted octanol–water partition coefficient (Wildman–Crippen LogP) is 4.48. The van der Waals surface area contributed by atoms with Crippen LogP contribution in [0.1, 0.15) is 36.1 Å². The third kappa shape index (κ3) is 5.33. The smallest absolute Gasteiger partial charge is 0.230 e. The van der Waals surface area contributed by atoms with Crippen molar-refractivity contribution >= 4 is 17.7 Å². The van der Waals surface area contributed by atoms with Gasteiger partial charge >= 0.3 is 0 Å². The zero-order valence-corrected chi connectivity index (χ0v) is 16.4. The number of hydrogen-bond donors (Lipinski definition) is 1. The molecule has 1 aliphatic rings. The first-order valence-corrected chi connectivity index (χ1v) is 10.4. The summed E-state index contributed by atoms with van der Waals surface area (Å²) < 4.78 is 18.6. The summed E-state index contributed by atoms with van der Waals surface area (Å²) in [6, 6.07) is 16.9. The maximum Gasteiger partial charge on any atom is 0.230 e. The molecule has 5 heteroatoms. The molecule has 1 atom stereocenters. The van der Waals surface area contributed by atoms with Crippen LogP contribution in [0.4, 0.5) is 4.39 Å². The molecule has 1 fully saturated rings. The number of rotatable bonds is 7. The number of amides is 1. The summed E-state index contributed by atoms with van der Waals surface area (Å²) in [5, 5.41) is 3.27. The fraction of sp³-hybridized carbons (Fsp3) is 0.409. The average Bonchev–Trinajstić information content (AvgIpc) is 2.72. The van der Waals surface area contributed by atoms with Gasteiger partial charge in [-0.15, -0.1) is 11.8 Å². The van der Waals surface area contributed by atoms with Crippen molar-refractivity contribution in [1.82, 2.24) is 5.32 Å². The van der Waals surface area contributed by atoms with E-state index < -0.39 is 0 Å². The topological polar surface area (TPSA) is 38.3 Å². The minimum atomic E-state index is -0.239. The second-order valence-electron chi connectivity index (χ2n) is 7.04. The molecular weight excluding hydrogens is 361 g/mol. The SMILES string of the molecule is CC(SCC(=O)NCC1(c2ccccc2)CCOCC1)c1ccc(F)cc1. The maximum absolute atomic E-state index is 13.0. The highest BCUT2D eigenvalue weighted by Crippen LogP contribution is 2.34. The van der Waals surface area contributed by atoms with Gasteiger partial charge in [-0.1, -0.05) is 42.5 Å². The van der Waals surface area contributed by atoms with E-state index in [-0.39, 0.29) is 22.4 Å². The summed E-state index contributed by atoms with van der Waals surface area (Å²) in [5.41, 5.74) is 2.24.